The predicted molar refractivity (Wildman–Crippen MR) is 54.4 cm³/mol. The lowest BCUT2D eigenvalue weighted by Crippen LogP contribution is -2.41. The molecule has 0 aromatic carbocycles. The third-order valence-electron chi connectivity index (χ3n) is 2.69. The van der Waals surface area contributed by atoms with E-state index in [1.807, 2.05) is 25.7 Å². The van der Waals surface area contributed by atoms with Gasteiger partial charge in [0.15, 0.2) is 0 Å². The molecule has 2 heteroatoms. The van der Waals surface area contributed by atoms with Gasteiger partial charge >= 0.3 is 0 Å². The van der Waals surface area contributed by atoms with Crippen molar-refractivity contribution >= 4 is 5.91 Å². The highest BCUT2D eigenvalue weighted by molar-refractivity contribution is 5.82. The normalized spacial score (nSPS) is 29.5. The van der Waals surface area contributed by atoms with Crippen LogP contribution < -0.4 is 0 Å². The predicted octanol–water partition coefficient (Wildman–Crippen LogP) is 2.29. The smallest absolute Gasteiger partial charge is 0.228 e. The van der Waals surface area contributed by atoms with Crippen LogP contribution in [0.1, 0.15) is 41.0 Å². The van der Waals surface area contributed by atoms with Crippen molar-refractivity contribution in [3.8, 4) is 0 Å². The van der Waals surface area contributed by atoms with Crippen molar-refractivity contribution in [1.82, 2.24) is 4.90 Å². The average Bonchev–Trinajstić information content (AvgIpc) is 2.26. The first kappa shape index (κ1) is 10.6. The summed E-state index contributed by atoms with van der Waals surface area (Å²) in [6.07, 6.45) is 1.15. The largest absolute Gasteiger partial charge is 0.339 e. The zero-order valence-electron chi connectivity index (χ0n) is 9.42. The maximum Gasteiger partial charge on any atom is 0.228 e. The molecule has 1 heterocycles. The van der Waals surface area contributed by atoms with E-state index in [2.05, 4.69) is 13.8 Å². The number of carbonyl (C=O) groups excluding carboxylic acids is 1. The van der Waals surface area contributed by atoms with E-state index in [4.69, 9.17) is 0 Å². The molecule has 0 bridgehead atoms. The summed E-state index contributed by atoms with van der Waals surface area (Å²) in [6, 6.07) is 0.432. The fourth-order valence-electron chi connectivity index (χ4n) is 2.01. The Hall–Kier alpha value is -0.530. The summed E-state index contributed by atoms with van der Waals surface area (Å²) >= 11 is 0. The van der Waals surface area contributed by atoms with Gasteiger partial charge in [-0.15, -0.1) is 0 Å². The zero-order valence-corrected chi connectivity index (χ0v) is 9.42. The van der Waals surface area contributed by atoms with Gasteiger partial charge in [0.2, 0.25) is 5.91 Å². The van der Waals surface area contributed by atoms with E-state index in [1.165, 1.54) is 0 Å². The Morgan fingerprint density at radius 1 is 1.31 bits per heavy atom. The van der Waals surface area contributed by atoms with Gasteiger partial charge < -0.3 is 4.90 Å². The Labute approximate surface area is 81.3 Å². The molecule has 1 rings (SSSR count). The standard InChI is InChI=1S/C11H21NO/c1-8-6-9(2)12(7-8)10(13)11(3,4)5/h8-9H,6-7H2,1-5H3/t8-,9-/m0/s1. The van der Waals surface area contributed by atoms with Crippen molar-refractivity contribution in [2.45, 2.75) is 47.1 Å². The molecule has 1 amide bonds. The molecule has 0 aliphatic carbocycles. The molecule has 0 aromatic rings. The molecule has 76 valence electrons. The van der Waals surface area contributed by atoms with Crippen molar-refractivity contribution in [3.05, 3.63) is 0 Å². The van der Waals surface area contributed by atoms with Gasteiger partial charge in [-0.1, -0.05) is 27.7 Å². The zero-order chi connectivity index (χ0) is 10.2. The molecule has 2 atom stereocenters. The van der Waals surface area contributed by atoms with E-state index >= 15 is 0 Å². The maximum atomic E-state index is 11.9. The van der Waals surface area contributed by atoms with Crippen LogP contribution >= 0.6 is 0 Å². The molecule has 0 spiro atoms. The minimum atomic E-state index is -0.224. The first-order valence-corrected chi connectivity index (χ1v) is 5.13. The van der Waals surface area contributed by atoms with Crippen LogP contribution in [-0.4, -0.2) is 23.4 Å². The van der Waals surface area contributed by atoms with Gasteiger partial charge in [0.1, 0.15) is 0 Å². The Morgan fingerprint density at radius 3 is 2.15 bits per heavy atom. The lowest BCUT2D eigenvalue weighted by Gasteiger charge is -2.29. The number of carbonyl (C=O) groups is 1. The van der Waals surface area contributed by atoms with Crippen molar-refractivity contribution < 1.29 is 4.79 Å². The van der Waals surface area contributed by atoms with Crippen LogP contribution in [0.4, 0.5) is 0 Å². The number of amides is 1. The monoisotopic (exact) mass is 183 g/mol. The summed E-state index contributed by atoms with van der Waals surface area (Å²) in [6.45, 7) is 11.3. The molecular weight excluding hydrogens is 162 g/mol. The summed E-state index contributed by atoms with van der Waals surface area (Å²) in [5.74, 6) is 0.964. The number of rotatable bonds is 0. The Balaban J connectivity index is 2.68. The molecule has 0 radical (unpaired) electrons. The number of nitrogens with zero attached hydrogens (tertiary/aromatic N) is 1. The van der Waals surface area contributed by atoms with E-state index in [0.29, 0.717) is 17.9 Å². The fourth-order valence-corrected chi connectivity index (χ4v) is 2.01. The summed E-state index contributed by atoms with van der Waals surface area (Å²) in [4.78, 5) is 14.0. The lowest BCUT2D eigenvalue weighted by atomic mass is 9.94. The second-order valence-corrected chi connectivity index (χ2v) is 5.40. The molecule has 0 N–H and O–H groups in total. The highest BCUT2D eigenvalue weighted by Crippen LogP contribution is 2.27. The summed E-state index contributed by atoms with van der Waals surface area (Å²) < 4.78 is 0. The first-order valence-electron chi connectivity index (χ1n) is 5.13. The number of hydrogen-bond acceptors (Lipinski definition) is 1. The van der Waals surface area contributed by atoms with Crippen molar-refractivity contribution in [2.24, 2.45) is 11.3 Å². The van der Waals surface area contributed by atoms with Crippen LogP contribution in [0.3, 0.4) is 0 Å². The SMILES string of the molecule is C[C@H]1C[C@H](C)N(C(=O)C(C)(C)C)C1. The molecule has 1 aliphatic rings. The van der Waals surface area contributed by atoms with Gasteiger partial charge in [0.05, 0.1) is 0 Å². The van der Waals surface area contributed by atoms with E-state index < -0.39 is 0 Å². The maximum absolute atomic E-state index is 11.9. The van der Waals surface area contributed by atoms with Crippen LogP contribution in [0.25, 0.3) is 0 Å². The molecule has 1 saturated heterocycles. The third kappa shape index (κ3) is 2.23. The molecule has 1 aliphatic heterocycles. The highest BCUT2D eigenvalue weighted by Gasteiger charge is 2.35. The Kier molecular flexibility index (Phi) is 2.69. The topological polar surface area (TPSA) is 20.3 Å². The molecule has 13 heavy (non-hydrogen) atoms. The number of likely N-dealkylation sites (tertiary alicyclic amines) is 1. The van der Waals surface area contributed by atoms with Gasteiger partial charge in [-0.3, -0.25) is 4.79 Å². The van der Waals surface area contributed by atoms with Crippen molar-refractivity contribution in [1.29, 1.82) is 0 Å². The van der Waals surface area contributed by atoms with Crippen LogP contribution in [0, 0.1) is 11.3 Å². The van der Waals surface area contributed by atoms with Crippen LogP contribution in [0.5, 0.6) is 0 Å². The summed E-state index contributed by atoms with van der Waals surface area (Å²) in [5, 5.41) is 0. The first-order chi connectivity index (χ1) is 5.82. The number of hydrogen-bond donors (Lipinski definition) is 0. The Bertz CT molecular complexity index is 205. The molecule has 1 fully saturated rings. The van der Waals surface area contributed by atoms with Crippen molar-refractivity contribution in [2.75, 3.05) is 6.54 Å². The minimum Gasteiger partial charge on any atom is -0.339 e. The van der Waals surface area contributed by atoms with E-state index in [1.54, 1.807) is 0 Å². The lowest BCUT2D eigenvalue weighted by molar-refractivity contribution is -0.140. The fraction of sp³-hybridized carbons (Fsp3) is 0.909. The summed E-state index contributed by atoms with van der Waals surface area (Å²) in [5.41, 5.74) is -0.224. The van der Waals surface area contributed by atoms with Gasteiger partial charge in [-0.2, -0.15) is 0 Å². The second kappa shape index (κ2) is 3.32. The molecular formula is C11H21NO. The average molecular weight is 183 g/mol. The van der Waals surface area contributed by atoms with Gasteiger partial charge in [-0.25, -0.2) is 0 Å². The molecule has 0 unspecified atom stereocenters. The second-order valence-electron chi connectivity index (χ2n) is 5.40. The molecule has 2 nitrogen and oxygen atoms in total. The highest BCUT2D eigenvalue weighted by atomic mass is 16.2. The van der Waals surface area contributed by atoms with Crippen LogP contribution in [0.2, 0.25) is 0 Å². The van der Waals surface area contributed by atoms with Crippen molar-refractivity contribution in [3.63, 3.8) is 0 Å². The molecule has 0 aromatic heterocycles. The van der Waals surface area contributed by atoms with E-state index in [0.717, 1.165) is 13.0 Å². The minimum absolute atomic E-state index is 0.224. The summed E-state index contributed by atoms with van der Waals surface area (Å²) in [7, 11) is 0. The van der Waals surface area contributed by atoms with Gasteiger partial charge in [-0.05, 0) is 19.3 Å². The quantitative estimate of drug-likeness (QED) is 0.564. The van der Waals surface area contributed by atoms with Gasteiger partial charge in [0, 0.05) is 18.0 Å². The van der Waals surface area contributed by atoms with E-state index in [-0.39, 0.29) is 5.41 Å². The van der Waals surface area contributed by atoms with Crippen LogP contribution in [0.15, 0.2) is 0 Å². The third-order valence-corrected chi connectivity index (χ3v) is 2.69. The van der Waals surface area contributed by atoms with E-state index in [9.17, 15) is 4.79 Å². The Morgan fingerprint density at radius 2 is 1.85 bits per heavy atom. The van der Waals surface area contributed by atoms with Crippen LogP contribution in [-0.2, 0) is 4.79 Å². The molecule has 0 saturated carbocycles. The van der Waals surface area contributed by atoms with Gasteiger partial charge in [0.25, 0.3) is 0 Å².